The van der Waals surface area contributed by atoms with Gasteiger partial charge in [-0.1, -0.05) is 36.4 Å². The van der Waals surface area contributed by atoms with Crippen LogP contribution in [0.2, 0.25) is 0 Å². The molecule has 30 heavy (non-hydrogen) atoms. The first-order valence-electron chi connectivity index (χ1n) is 9.77. The highest BCUT2D eigenvalue weighted by Crippen LogP contribution is 2.39. The van der Waals surface area contributed by atoms with Crippen molar-refractivity contribution in [2.24, 2.45) is 0 Å². The summed E-state index contributed by atoms with van der Waals surface area (Å²) in [6.45, 7) is 2.60. The van der Waals surface area contributed by atoms with Gasteiger partial charge in [0.1, 0.15) is 6.04 Å². The van der Waals surface area contributed by atoms with Crippen molar-refractivity contribution in [2.75, 3.05) is 6.54 Å². The van der Waals surface area contributed by atoms with Gasteiger partial charge in [-0.25, -0.2) is 0 Å². The SMILES string of the molecule is CC(C(=O)N1CCc2sccc2C1c1ccccc1)n1c(-c2cccs2)n[nH]c1=S. The molecule has 2 atom stereocenters. The summed E-state index contributed by atoms with van der Waals surface area (Å²) in [5.41, 5.74) is 2.36. The summed E-state index contributed by atoms with van der Waals surface area (Å²) < 4.78 is 2.30. The van der Waals surface area contributed by atoms with E-state index < -0.39 is 6.04 Å². The molecule has 152 valence electrons. The number of fused-ring (bicyclic) bond motifs is 1. The molecule has 1 aliphatic rings. The molecule has 1 aliphatic heterocycles. The Morgan fingerprint density at radius 2 is 2.00 bits per heavy atom. The second-order valence-corrected chi connectivity index (χ2v) is 9.60. The molecule has 0 fully saturated rings. The first kappa shape index (κ1) is 19.4. The number of nitrogens with zero attached hydrogens (tertiary/aromatic N) is 3. The molecule has 3 aromatic heterocycles. The minimum absolute atomic E-state index is 0.0519. The van der Waals surface area contributed by atoms with Crippen molar-refractivity contribution >= 4 is 40.8 Å². The maximum atomic E-state index is 13.8. The van der Waals surface area contributed by atoms with E-state index in [-0.39, 0.29) is 11.9 Å². The molecule has 0 radical (unpaired) electrons. The first-order chi connectivity index (χ1) is 14.6. The van der Waals surface area contributed by atoms with E-state index in [0.29, 0.717) is 17.1 Å². The number of aromatic amines is 1. The van der Waals surface area contributed by atoms with Gasteiger partial charge in [0.15, 0.2) is 10.6 Å². The topological polar surface area (TPSA) is 53.9 Å². The smallest absolute Gasteiger partial charge is 0.246 e. The maximum absolute atomic E-state index is 13.8. The van der Waals surface area contributed by atoms with Crippen molar-refractivity contribution in [1.82, 2.24) is 19.7 Å². The minimum atomic E-state index is -0.459. The Labute approximate surface area is 187 Å². The van der Waals surface area contributed by atoms with Crippen LogP contribution in [0, 0.1) is 4.77 Å². The third-order valence-electron chi connectivity index (χ3n) is 5.55. The standard InChI is InChI=1S/C22H20N4OS3/c1-14(26-20(23-24-22(26)28)18-8-5-12-29-18)21(27)25-11-9-17-16(10-13-30-17)19(25)15-6-3-2-4-7-15/h2-8,10,12-14,19H,9,11H2,1H3,(H,24,28). The second-order valence-electron chi connectivity index (χ2n) is 7.27. The van der Waals surface area contributed by atoms with E-state index in [9.17, 15) is 4.79 Å². The number of aromatic nitrogens is 3. The summed E-state index contributed by atoms with van der Waals surface area (Å²) in [5.74, 6) is 0.761. The van der Waals surface area contributed by atoms with Crippen molar-refractivity contribution in [2.45, 2.75) is 25.4 Å². The first-order valence-corrected chi connectivity index (χ1v) is 11.9. The van der Waals surface area contributed by atoms with Gasteiger partial charge in [0.05, 0.1) is 10.9 Å². The van der Waals surface area contributed by atoms with Crippen molar-refractivity contribution in [3.05, 3.63) is 80.1 Å². The van der Waals surface area contributed by atoms with Gasteiger partial charge in [-0.2, -0.15) is 5.10 Å². The van der Waals surface area contributed by atoms with Gasteiger partial charge in [0.2, 0.25) is 5.91 Å². The van der Waals surface area contributed by atoms with E-state index in [1.807, 2.05) is 52.1 Å². The number of carbonyl (C=O) groups excluding carboxylic acids is 1. The van der Waals surface area contributed by atoms with Crippen LogP contribution in [0.1, 0.15) is 35.0 Å². The summed E-state index contributed by atoms with van der Waals surface area (Å²) in [4.78, 5) is 18.2. The second kappa shape index (κ2) is 7.94. The lowest BCUT2D eigenvalue weighted by atomic mass is 9.92. The molecule has 5 rings (SSSR count). The summed E-state index contributed by atoms with van der Waals surface area (Å²) in [6, 6.07) is 15.9. The molecule has 5 nitrogen and oxygen atoms in total. The van der Waals surface area contributed by atoms with E-state index >= 15 is 0 Å². The summed E-state index contributed by atoms with van der Waals surface area (Å²) in [5, 5.41) is 11.4. The Morgan fingerprint density at radius 3 is 2.77 bits per heavy atom. The average Bonchev–Trinajstić information content (AvgIpc) is 3.53. The van der Waals surface area contributed by atoms with Crippen molar-refractivity contribution in [3.8, 4) is 10.7 Å². The number of thiophene rings is 2. The Kier molecular flexibility index (Phi) is 5.14. The molecular formula is C22H20N4OS3. The lowest BCUT2D eigenvalue weighted by Gasteiger charge is -2.38. The molecule has 4 heterocycles. The van der Waals surface area contributed by atoms with Crippen LogP contribution in [0.4, 0.5) is 0 Å². The molecule has 1 amide bonds. The molecule has 0 bridgehead atoms. The van der Waals surface area contributed by atoms with E-state index in [2.05, 4.69) is 33.8 Å². The van der Waals surface area contributed by atoms with Gasteiger partial charge >= 0.3 is 0 Å². The third kappa shape index (κ3) is 3.25. The highest BCUT2D eigenvalue weighted by Gasteiger charge is 2.36. The number of hydrogen-bond acceptors (Lipinski definition) is 5. The molecule has 1 aromatic carbocycles. The third-order valence-corrected chi connectivity index (χ3v) is 7.71. The summed E-state index contributed by atoms with van der Waals surface area (Å²) >= 11 is 8.85. The fourth-order valence-corrected chi connectivity index (χ4v) is 6.05. The lowest BCUT2D eigenvalue weighted by molar-refractivity contribution is -0.136. The van der Waals surface area contributed by atoms with Crippen LogP contribution in [0.15, 0.2) is 59.3 Å². The van der Waals surface area contributed by atoms with Crippen LogP contribution in [0.3, 0.4) is 0 Å². The zero-order chi connectivity index (χ0) is 20.7. The van der Waals surface area contributed by atoms with Gasteiger partial charge in [-0.3, -0.25) is 14.5 Å². The number of hydrogen-bond donors (Lipinski definition) is 1. The summed E-state index contributed by atoms with van der Waals surface area (Å²) in [6.07, 6.45) is 0.878. The predicted octanol–water partition coefficient (Wildman–Crippen LogP) is 5.47. The van der Waals surface area contributed by atoms with Crippen LogP contribution >= 0.6 is 34.9 Å². The zero-order valence-corrected chi connectivity index (χ0v) is 18.8. The normalized spacial score (nSPS) is 17.0. The van der Waals surface area contributed by atoms with Crippen molar-refractivity contribution < 1.29 is 4.79 Å². The number of carbonyl (C=O) groups is 1. The van der Waals surface area contributed by atoms with Gasteiger partial charge in [-0.05, 0) is 59.6 Å². The lowest BCUT2D eigenvalue weighted by Crippen LogP contribution is -2.43. The van der Waals surface area contributed by atoms with Gasteiger partial charge in [-0.15, -0.1) is 22.7 Å². The number of nitrogens with one attached hydrogen (secondary N) is 1. The van der Waals surface area contributed by atoms with Crippen LogP contribution < -0.4 is 0 Å². The van der Waals surface area contributed by atoms with Crippen LogP contribution in [-0.4, -0.2) is 32.1 Å². The van der Waals surface area contributed by atoms with Crippen molar-refractivity contribution in [1.29, 1.82) is 0 Å². The molecule has 1 N–H and O–H groups in total. The molecule has 0 saturated heterocycles. The number of benzene rings is 1. The molecule has 0 spiro atoms. The van der Waals surface area contributed by atoms with Gasteiger partial charge in [0.25, 0.3) is 0 Å². The van der Waals surface area contributed by atoms with E-state index in [1.54, 1.807) is 22.7 Å². The van der Waals surface area contributed by atoms with Crippen LogP contribution in [-0.2, 0) is 11.2 Å². The molecule has 0 aliphatic carbocycles. The average molecular weight is 453 g/mol. The number of H-pyrrole nitrogens is 1. The molecule has 8 heteroatoms. The highest BCUT2D eigenvalue weighted by atomic mass is 32.1. The number of rotatable bonds is 4. The van der Waals surface area contributed by atoms with Crippen LogP contribution in [0.25, 0.3) is 10.7 Å². The van der Waals surface area contributed by atoms with Crippen molar-refractivity contribution in [3.63, 3.8) is 0 Å². The Hall–Kier alpha value is -2.55. The van der Waals surface area contributed by atoms with Gasteiger partial charge < -0.3 is 4.90 Å². The predicted molar refractivity (Wildman–Crippen MR) is 123 cm³/mol. The van der Waals surface area contributed by atoms with Crippen LogP contribution in [0.5, 0.6) is 0 Å². The fraction of sp³-hybridized carbons (Fsp3) is 0.227. The summed E-state index contributed by atoms with van der Waals surface area (Å²) in [7, 11) is 0. The van der Waals surface area contributed by atoms with E-state index in [1.165, 1.54) is 10.4 Å². The zero-order valence-electron chi connectivity index (χ0n) is 16.3. The minimum Gasteiger partial charge on any atom is -0.329 e. The highest BCUT2D eigenvalue weighted by molar-refractivity contribution is 7.71. The Bertz CT molecular complexity index is 1220. The van der Waals surface area contributed by atoms with E-state index in [4.69, 9.17) is 12.2 Å². The molecule has 0 saturated carbocycles. The Morgan fingerprint density at radius 1 is 1.17 bits per heavy atom. The largest absolute Gasteiger partial charge is 0.329 e. The van der Waals surface area contributed by atoms with E-state index in [0.717, 1.165) is 16.9 Å². The fourth-order valence-electron chi connectivity index (χ4n) is 4.14. The molecular weight excluding hydrogens is 432 g/mol. The molecule has 2 unspecified atom stereocenters. The molecule has 4 aromatic rings. The monoisotopic (exact) mass is 452 g/mol. The quantitative estimate of drug-likeness (QED) is 0.418. The Balaban J connectivity index is 1.55. The van der Waals surface area contributed by atoms with Gasteiger partial charge in [0, 0.05) is 11.4 Å². The maximum Gasteiger partial charge on any atom is 0.246 e. The number of amides is 1.